The van der Waals surface area contributed by atoms with Crippen LogP contribution in [-0.4, -0.2) is 39.0 Å². The van der Waals surface area contributed by atoms with Crippen LogP contribution in [0, 0.1) is 17.1 Å². The van der Waals surface area contributed by atoms with Crippen molar-refractivity contribution in [3.63, 3.8) is 0 Å². The highest BCUT2D eigenvalue weighted by Crippen LogP contribution is 2.35. The molecule has 12 heteroatoms. The average molecular weight is 498 g/mol. The summed E-state index contributed by atoms with van der Waals surface area (Å²) in [5.41, 5.74) is 8.03. The molecule has 4 aromatic rings. The zero-order valence-electron chi connectivity index (χ0n) is 17.2. The first-order valence-electron chi connectivity index (χ1n) is 9.91. The Morgan fingerprint density at radius 2 is 1.94 bits per heavy atom. The fourth-order valence-electron chi connectivity index (χ4n) is 3.67. The summed E-state index contributed by atoms with van der Waals surface area (Å²) >= 11 is 12.3. The summed E-state index contributed by atoms with van der Waals surface area (Å²) in [6.07, 6.45) is 3.11. The predicted molar refractivity (Wildman–Crippen MR) is 123 cm³/mol. The number of carbonyl (C=O) groups is 1. The third kappa shape index (κ3) is 3.80. The molecular weight excluding hydrogens is 484 g/mol. The lowest BCUT2D eigenvalue weighted by Crippen LogP contribution is -2.48. The molecule has 1 aromatic carbocycles. The number of Topliss-reactive ketones (excluding diaryl/α,β-unsaturated/α-hetero) is 1. The monoisotopic (exact) mass is 497 g/mol. The number of aromatic nitrogens is 4. The SMILES string of the molecule is N#Cc1cc(-c2n[nH]c3cc(F)c(O[C@H](N)c4c(Cl)cncc4Cl)cc23)cnc1N1CC(=O)C1. The molecule has 1 atom stereocenters. The van der Waals surface area contributed by atoms with Crippen molar-refractivity contribution in [2.75, 3.05) is 18.0 Å². The molecule has 0 radical (unpaired) electrons. The first-order valence-corrected chi connectivity index (χ1v) is 10.7. The summed E-state index contributed by atoms with van der Waals surface area (Å²) < 4.78 is 20.4. The molecule has 9 nitrogen and oxygen atoms in total. The number of ether oxygens (including phenoxy) is 1. The summed E-state index contributed by atoms with van der Waals surface area (Å²) in [6, 6.07) is 6.39. The van der Waals surface area contributed by atoms with Crippen molar-refractivity contribution in [1.82, 2.24) is 20.2 Å². The zero-order valence-corrected chi connectivity index (χ0v) is 18.7. The van der Waals surface area contributed by atoms with Crippen molar-refractivity contribution in [3.05, 3.63) is 63.8 Å². The lowest BCUT2D eigenvalue weighted by molar-refractivity contribution is -0.119. The second-order valence-corrected chi connectivity index (χ2v) is 8.37. The maximum absolute atomic E-state index is 14.8. The first kappa shape index (κ1) is 22.0. The number of pyridine rings is 2. The highest BCUT2D eigenvalue weighted by molar-refractivity contribution is 6.35. The Kier molecular flexibility index (Phi) is 5.53. The number of nitrogens with zero attached hydrogens (tertiary/aromatic N) is 5. The number of nitrogens with one attached hydrogen (secondary N) is 1. The van der Waals surface area contributed by atoms with Crippen molar-refractivity contribution in [3.8, 4) is 23.1 Å². The van der Waals surface area contributed by atoms with Gasteiger partial charge in [0, 0.05) is 41.2 Å². The number of H-pyrrole nitrogens is 1. The van der Waals surface area contributed by atoms with Crippen LogP contribution >= 0.6 is 23.2 Å². The minimum Gasteiger partial charge on any atom is -0.468 e. The quantitative estimate of drug-likeness (QED) is 0.398. The number of hydrogen-bond donors (Lipinski definition) is 2. The third-order valence-corrected chi connectivity index (χ3v) is 5.94. The number of nitriles is 1. The molecule has 0 bridgehead atoms. The van der Waals surface area contributed by atoms with E-state index in [4.69, 9.17) is 33.7 Å². The summed E-state index contributed by atoms with van der Waals surface area (Å²) in [5.74, 6) is -0.308. The minimum absolute atomic E-state index is 0.0789. The Hall–Kier alpha value is -3.78. The highest BCUT2D eigenvalue weighted by Gasteiger charge is 2.27. The number of benzene rings is 1. The lowest BCUT2D eigenvalue weighted by atomic mass is 10.1. The molecule has 1 saturated heterocycles. The molecule has 0 spiro atoms. The molecule has 4 heterocycles. The van der Waals surface area contributed by atoms with E-state index >= 15 is 0 Å². The van der Waals surface area contributed by atoms with Gasteiger partial charge in [0.1, 0.15) is 17.6 Å². The van der Waals surface area contributed by atoms with E-state index in [9.17, 15) is 14.4 Å². The number of ketones is 1. The van der Waals surface area contributed by atoms with Crippen molar-refractivity contribution >= 4 is 45.7 Å². The van der Waals surface area contributed by atoms with Gasteiger partial charge in [0.15, 0.2) is 23.6 Å². The molecule has 3 aromatic heterocycles. The van der Waals surface area contributed by atoms with Crippen molar-refractivity contribution in [2.45, 2.75) is 6.23 Å². The maximum atomic E-state index is 14.8. The van der Waals surface area contributed by atoms with Crippen LogP contribution in [0.15, 0.2) is 36.8 Å². The predicted octanol–water partition coefficient (Wildman–Crippen LogP) is 3.76. The molecule has 0 aliphatic carbocycles. The summed E-state index contributed by atoms with van der Waals surface area (Å²) in [7, 11) is 0. The molecule has 0 unspecified atom stereocenters. The van der Waals surface area contributed by atoms with Gasteiger partial charge in [0.25, 0.3) is 0 Å². The summed E-state index contributed by atoms with van der Waals surface area (Å²) in [5, 5.41) is 17.5. The number of halogens is 3. The zero-order chi connectivity index (χ0) is 24.0. The molecule has 1 fully saturated rings. The van der Waals surface area contributed by atoms with Crippen LogP contribution < -0.4 is 15.4 Å². The van der Waals surface area contributed by atoms with Gasteiger partial charge < -0.3 is 9.64 Å². The van der Waals surface area contributed by atoms with Crippen LogP contribution in [0.4, 0.5) is 10.2 Å². The van der Waals surface area contributed by atoms with Gasteiger partial charge >= 0.3 is 0 Å². The van der Waals surface area contributed by atoms with E-state index in [2.05, 4.69) is 26.2 Å². The Labute approximate surface area is 201 Å². The van der Waals surface area contributed by atoms with Crippen LogP contribution in [0.5, 0.6) is 5.75 Å². The number of hydrogen-bond acceptors (Lipinski definition) is 8. The van der Waals surface area contributed by atoms with Crippen molar-refractivity contribution in [2.24, 2.45) is 5.73 Å². The van der Waals surface area contributed by atoms with E-state index in [1.807, 2.05) is 0 Å². The molecule has 1 aliphatic heterocycles. The summed E-state index contributed by atoms with van der Waals surface area (Å²) in [4.78, 5) is 21.2. The van der Waals surface area contributed by atoms with Gasteiger partial charge in [-0.05, 0) is 12.1 Å². The standard InChI is InChI=1S/C22H14Cl2FN7O2/c23-14-6-28-7-15(24)19(14)21(27)34-18-2-13-17(3-16(18)25)30-31-20(13)11-1-10(4-26)22(29-5-11)32-8-12(33)9-32/h1-3,5-7,21H,8-9,27H2,(H,30,31)/t21-/m0/s1. The van der Waals surface area contributed by atoms with E-state index in [1.54, 1.807) is 17.2 Å². The largest absolute Gasteiger partial charge is 0.468 e. The second-order valence-electron chi connectivity index (χ2n) is 7.56. The molecule has 34 heavy (non-hydrogen) atoms. The van der Waals surface area contributed by atoms with Crippen LogP contribution in [0.3, 0.4) is 0 Å². The lowest BCUT2D eigenvalue weighted by Gasteiger charge is -2.30. The smallest absolute Gasteiger partial charge is 0.177 e. The van der Waals surface area contributed by atoms with Gasteiger partial charge in [0.05, 0.1) is 34.2 Å². The van der Waals surface area contributed by atoms with Gasteiger partial charge in [-0.2, -0.15) is 10.4 Å². The first-order chi connectivity index (χ1) is 16.4. The second kappa shape index (κ2) is 8.53. The van der Waals surface area contributed by atoms with Gasteiger partial charge in [-0.25, -0.2) is 9.37 Å². The van der Waals surface area contributed by atoms with Crippen molar-refractivity contribution in [1.29, 1.82) is 5.26 Å². The summed E-state index contributed by atoms with van der Waals surface area (Å²) in [6.45, 7) is 0.441. The maximum Gasteiger partial charge on any atom is 0.177 e. The Morgan fingerprint density at radius 3 is 2.62 bits per heavy atom. The van der Waals surface area contributed by atoms with Gasteiger partial charge in [0.2, 0.25) is 0 Å². The van der Waals surface area contributed by atoms with E-state index in [0.717, 1.165) is 0 Å². The fraction of sp³-hybridized carbons (Fsp3) is 0.136. The van der Waals surface area contributed by atoms with Crippen LogP contribution in [-0.2, 0) is 4.79 Å². The Bertz CT molecular complexity index is 1470. The normalized spacial score (nSPS) is 14.1. The number of carbonyl (C=O) groups excluding carboxylic acids is 1. The van der Waals surface area contributed by atoms with Gasteiger partial charge in [-0.3, -0.25) is 20.6 Å². The molecule has 170 valence electrons. The van der Waals surface area contributed by atoms with Crippen molar-refractivity contribution < 1.29 is 13.9 Å². The molecule has 0 amide bonds. The van der Waals surface area contributed by atoms with E-state index in [-0.39, 0.29) is 40.2 Å². The van der Waals surface area contributed by atoms with Crippen LogP contribution in [0.2, 0.25) is 10.0 Å². The van der Waals surface area contributed by atoms with E-state index < -0.39 is 12.0 Å². The third-order valence-electron chi connectivity index (χ3n) is 5.34. The number of aromatic amines is 1. The molecule has 5 rings (SSSR count). The van der Waals surface area contributed by atoms with Crippen LogP contribution in [0.25, 0.3) is 22.2 Å². The topological polar surface area (TPSA) is 134 Å². The Morgan fingerprint density at radius 1 is 1.21 bits per heavy atom. The van der Waals surface area contributed by atoms with Crippen LogP contribution in [0.1, 0.15) is 17.4 Å². The minimum atomic E-state index is -1.16. The van der Waals surface area contributed by atoms with Gasteiger partial charge in [-0.1, -0.05) is 23.2 Å². The highest BCUT2D eigenvalue weighted by atomic mass is 35.5. The number of fused-ring (bicyclic) bond motifs is 1. The molecule has 3 N–H and O–H groups in total. The van der Waals surface area contributed by atoms with Gasteiger partial charge in [-0.15, -0.1) is 0 Å². The Balaban J connectivity index is 1.51. The average Bonchev–Trinajstić information content (AvgIpc) is 3.19. The number of nitrogens with two attached hydrogens (primary N) is 1. The number of anilines is 1. The molecular formula is C22H14Cl2FN7O2. The molecule has 1 aliphatic rings. The fourth-order valence-corrected chi connectivity index (χ4v) is 4.25. The number of rotatable bonds is 5. The van der Waals surface area contributed by atoms with E-state index in [1.165, 1.54) is 24.5 Å². The van der Waals surface area contributed by atoms with E-state index in [0.29, 0.717) is 33.5 Å². The molecule has 0 saturated carbocycles.